The maximum absolute atomic E-state index is 11.4. The summed E-state index contributed by atoms with van der Waals surface area (Å²) < 4.78 is 5.80. The van der Waals surface area contributed by atoms with Gasteiger partial charge in [-0.1, -0.05) is 25.2 Å². The fraction of sp³-hybridized carbons (Fsp3) is 0.714. The lowest BCUT2D eigenvalue weighted by Crippen LogP contribution is -2.48. The smallest absolute Gasteiger partial charge is 0.347 e. The molecule has 2 fully saturated rings. The summed E-state index contributed by atoms with van der Waals surface area (Å²) in [5.74, 6) is -0.736. The van der Waals surface area contributed by atoms with Crippen LogP contribution in [0.15, 0.2) is 0 Å². The number of ether oxygens (including phenoxy) is 1. The average Bonchev–Trinajstić information content (AvgIpc) is 3.04. The second kappa shape index (κ2) is 5.33. The molecular weight excluding hydrogens is 276 g/mol. The average molecular weight is 296 g/mol. The topological polar surface area (TPSA) is 62.7 Å². The van der Waals surface area contributed by atoms with Gasteiger partial charge in [-0.3, -0.25) is 0 Å². The number of morpholine rings is 1. The van der Waals surface area contributed by atoms with Gasteiger partial charge in [0.05, 0.1) is 24.4 Å². The third-order valence-corrected chi connectivity index (χ3v) is 5.21. The van der Waals surface area contributed by atoms with Crippen LogP contribution in [0.3, 0.4) is 0 Å². The molecule has 20 heavy (non-hydrogen) atoms. The summed E-state index contributed by atoms with van der Waals surface area (Å²) in [7, 11) is 0. The van der Waals surface area contributed by atoms with Gasteiger partial charge in [-0.05, 0) is 25.2 Å². The molecule has 2 unspecified atom stereocenters. The van der Waals surface area contributed by atoms with Crippen molar-refractivity contribution in [1.29, 1.82) is 0 Å². The standard InChI is InChI=1S/C14H20N2O3S/c1-8(2)11-12(13(17)18)20-14(15-11)16-6-7-19-10-5-3-4-9(10)16/h8-10H,3-7H2,1-2H3,(H,17,18). The number of rotatable bonds is 3. The minimum absolute atomic E-state index is 0.131. The highest BCUT2D eigenvalue weighted by atomic mass is 32.1. The molecule has 110 valence electrons. The Balaban J connectivity index is 1.93. The van der Waals surface area contributed by atoms with Crippen molar-refractivity contribution < 1.29 is 14.6 Å². The number of aromatic carboxylic acids is 1. The van der Waals surface area contributed by atoms with Crippen molar-refractivity contribution in [3.05, 3.63) is 10.6 Å². The fourth-order valence-electron chi connectivity index (χ4n) is 3.15. The Labute approximate surface area is 122 Å². The van der Waals surface area contributed by atoms with Gasteiger partial charge in [0.25, 0.3) is 0 Å². The fourth-order valence-corrected chi connectivity index (χ4v) is 4.29. The number of fused-ring (bicyclic) bond motifs is 1. The van der Waals surface area contributed by atoms with Crippen molar-refractivity contribution in [1.82, 2.24) is 4.98 Å². The number of carbonyl (C=O) groups is 1. The zero-order chi connectivity index (χ0) is 14.3. The first-order valence-corrected chi connectivity index (χ1v) is 8.02. The Bertz CT molecular complexity index is 515. The van der Waals surface area contributed by atoms with Gasteiger partial charge in [-0.2, -0.15) is 0 Å². The minimum Gasteiger partial charge on any atom is -0.477 e. The van der Waals surface area contributed by atoms with Crippen molar-refractivity contribution >= 4 is 22.4 Å². The molecule has 1 saturated carbocycles. The molecule has 0 amide bonds. The predicted molar refractivity (Wildman–Crippen MR) is 77.9 cm³/mol. The van der Waals surface area contributed by atoms with E-state index in [2.05, 4.69) is 9.88 Å². The van der Waals surface area contributed by atoms with E-state index in [1.807, 2.05) is 13.8 Å². The maximum Gasteiger partial charge on any atom is 0.347 e. The Hall–Kier alpha value is -1.14. The monoisotopic (exact) mass is 296 g/mol. The molecule has 1 aliphatic heterocycles. The van der Waals surface area contributed by atoms with E-state index in [9.17, 15) is 9.90 Å². The number of hydrogen-bond donors (Lipinski definition) is 1. The highest BCUT2D eigenvalue weighted by molar-refractivity contribution is 7.17. The lowest BCUT2D eigenvalue weighted by Gasteiger charge is -2.37. The molecule has 0 bridgehead atoms. The third-order valence-electron chi connectivity index (χ3n) is 4.11. The first-order valence-electron chi connectivity index (χ1n) is 7.20. The molecule has 5 nitrogen and oxygen atoms in total. The number of carboxylic acid groups (broad SMARTS) is 1. The molecule has 2 heterocycles. The summed E-state index contributed by atoms with van der Waals surface area (Å²) in [5, 5.41) is 10.2. The van der Waals surface area contributed by atoms with E-state index in [1.54, 1.807) is 0 Å². The summed E-state index contributed by atoms with van der Waals surface area (Å²) in [5.41, 5.74) is 0.707. The first-order chi connectivity index (χ1) is 9.58. The number of hydrogen-bond acceptors (Lipinski definition) is 5. The van der Waals surface area contributed by atoms with Crippen LogP contribution in [0.5, 0.6) is 0 Å². The van der Waals surface area contributed by atoms with Gasteiger partial charge in [-0.25, -0.2) is 9.78 Å². The molecular formula is C14H20N2O3S. The molecule has 0 radical (unpaired) electrons. The van der Waals surface area contributed by atoms with Crippen LogP contribution in [0, 0.1) is 0 Å². The van der Waals surface area contributed by atoms with Crippen LogP contribution in [0.2, 0.25) is 0 Å². The summed E-state index contributed by atoms with van der Waals surface area (Å²) in [6, 6.07) is 0.372. The molecule has 2 aliphatic rings. The number of nitrogens with zero attached hydrogens (tertiary/aromatic N) is 2. The van der Waals surface area contributed by atoms with Crippen molar-refractivity contribution in [2.24, 2.45) is 0 Å². The molecule has 1 N–H and O–H groups in total. The van der Waals surface area contributed by atoms with Crippen LogP contribution in [0.1, 0.15) is 54.4 Å². The highest BCUT2D eigenvalue weighted by Gasteiger charge is 2.38. The van der Waals surface area contributed by atoms with E-state index in [0.717, 1.165) is 24.5 Å². The Morgan fingerprint density at radius 2 is 2.30 bits per heavy atom. The normalized spacial score (nSPS) is 26.1. The van der Waals surface area contributed by atoms with Crippen LogP contribution in [-0.4, -0.2) is 41.4 Å². The van der Waals surface area contributed by atoms with Gasteiger partial charge in [0.15, 0.2) is 5.13 Å². The van der Waals surface area contributed by atoms with Crippen LogP contribution >= 0.6 is 11.3 Å². The Morgan fingerprint density at radius 1 is 1.50 bits per heavy atom. The van der Waals surface area contributed by atoms with Gasteiger partial charge in [0.1, 0.15) is 4.88 Å². The van der Waals surface area contributed by atoms with Crippen LogP contribution in [0.25, 0.3) is 0 Å². The maximum atomic E-state index is 11.4. The van der Waals surface area contributed by atoms with Gasteiger partial charge in [-0.15, -0.1) is 0 Å². The molecule has 1 aromatic heterocycles. The van der Waals surface area contributed by atoms with Crippen LogP contribution < -0.4 is 4.90 Å². The lowest BCUT2D eigenvalue weighted by molar-refractivity contribution is 0.0256. The second-order valence-corrected chi connectivity index (χ2v) is 6.75. The number of carboxylic acids is 1. The molecule has 1 saturated heterocycles. The van der Waals surface area contributed by atoms with E-state index in [1.165, 1.54) is 17.8 Å². The zero-order valence-electron chi connectivity index (χ0n) is 11.8. The quantitative estimate of drug-likeness (QED) is 0.929. The Morgan fingerprint density at radius 3 is 2.95 bits per heavy atom. The van der Waals surface area contributed by atoms with E-state index in [-0.39, 0.29) is 5.92 Å². The molecule has 0 aromatic carbocycles. The summed E-state index contributed by atoms with van der Waals surface area (Å²) in [4.78, 5) is 18.7. The molecule has 3 rings (SSSR count). The van der Waals surface area contributed by atoms with E-state index in [0.29, 0.717) is 29.3 Å². The first kappa shape index (κ1) is 13.8. The highest BCUT2D eigenvalue weighted by Crippen LogP contribution is 2.37. The zero-order valence-corrected chi connectivity index (χ0v) is 12.7. The second-order valence-electron chi connectivity index (χ2n) is 5.77. The summed E-state index contributed by atoms with van der Waals surface area (Å²) >= 11 is 1.31. The van der Waals surface area contributed by atoms with Crippen LogP contribution in [0.4, 0.5) is 5.13 Å². The number of aromatic nitrogens is 1. The van der Waals surface area contributed by atoms with Gasteiger partial charge in [0, 0.05) is 6.54 Å². The van der Waals surface area contributed by atoms with Crippen molar-refractivity contribution in [3.8, 4) is 0 Å². The Kier molecular flexibility index (Phi) is 3.69. The third kappa shape index (κ3) is 2.31. The van der Waals surface area contributed by atoms with E-state index < -0.39 is 5.97 Å². The minimum atomic E-state index is -0.867. The number of thiazole rings is 1. The van der Waals surface area contributed by atoms with Gasteiger partial charge in [0.2, 0.25) is 0 Å². The van der Waals surface area contributed by atoms with Crippen molar-refractivity contribution in [2.45, 2.75) is 51.2 Å². The number of anilines is 1. The van der Waals surface area contributed by atoms with Crippen molar-refractivity contribution in [2.75, 3.05) is 18.1 Å². The van der Waals surface area contributed by atoms with Crippen molar-refractivity contribution in [3.63, 3.8) is 0 Å². The molecule has 0 spiro atoms. The van der Waals surface area contributed by atoms with Gasteiger partial charge >= 0.3 is 5.97 Å². The molecule has 2 atom stereocenters. The SMILES string of the molecule is CC(C)c1nc(N2CCOC3CCCC32)sc1C(=O)O. The summed E-state index contributed by atoms with van der Waals surface area (Å²) in [6.45, 7) is 5.50. The largest absolute Gasteiger partial charge is 0.477 e. The van der Waals surface area contributed by atoms with Gasteiger partial charge < -0.3 is 14.7 Å². The molecule has 1 aromatic rings. The summed E-state index contributed by atoms with van der Waals surface area (Å²) in [6.07, 6.45) is 3.70. The molecule has 6 heteroatoms. The molecule has 1 aliphatic carbocycles. The predicted octanol–water partition coefficient (Wildman–Crippen LogP) is 2.72. The van der Waals surface area contributed by atoms with E-state index in [4.69, 9.17) is 4.74 Å². The van der Waals surface area contributed by atoms with E-state index >= 15 is 0 Å². The van der Waals surface area contributed by atoms with Crippen LogP contribution in [-0.2, 0) is 4.74 Å². The lowest BCUT2D eigenvalue weighted by atomic mass is 10.1.